The van der Waals surface area contributed by atoms with Crippen LogP contribution in [-0.4, -0.2) is 6.03 Å². The first kappa shape index (κ1) is 15.2. The van der Waals surface area contributed by atoms with Crippen molar-refractivity contribution in [3.63, 3.8) is 0 Å². The molecule has 0 aliphatic carbocycles. The normalized spacial score (nSPS) is 10.3. The van der Waals surface area contributed by atoms with E-state index in [0.717, 1.165) is 17.7 Å². The van der Waals surface area contributed by atoms with Gasteiger partial charge in [-0.25, -0.2) is 13.6 Å². The Bertz CT molecular complexity index is 707. The largest absolute Gasteiger partial charge is 0.398 e. The summed E-state index contributed by atoms with van der Waals surface area (Å²) in [4.78, 5) is 11.8. The van der Waals surface area contributed by atoms with Gasteiger partial charge in [-0.1, -0.05) is 0 Å². The van der Waals surface area contributed by atoms with Crippen molar-refractivity contribution in [2.24, 2.45) is 0 Å². The fourth-order valence-electron chi connectivity index (χ4n) is 1.65. The third-order valence-corrected chi connectivity index (χ3v) is 3.44. The van der Waals surface area contributed by atoms with Crippen LogP contribution in [-0.2, 0) is 0 Å². The van der Waals surface area contributed by atoms with Crippen molar-refractivity contribution in [1.82, 2.24) is 0 Å². The molecule has 0 heterocycles. The highest BCUT2D eigenvalue weighted by Crippen LogP contribution is 2.28. The van der Waals surface area contributed by atoms with Crippen LogP contribution in [0.5, 0.6) is 0 Å². The molecule has 0 radical (unpaired) electrons. The number of carbonyl (C=O) groups is 1. The van der Waals surface area contributed by atoms with E-state index in [4.69, 9.17) is 5.73 Å². The molecular weight excluding hydrogens is 344 g/mol. The molecule has 0 unspecified atom stereocenters. The Morgan fingerprint density at radius 1 is 1.14 bits per heavy atom. The Kier molecular flexibility index (Phi) is 4.42. The number of urea groups is 1. The molecule has 2 amide bonds. The molecule has 4 N–H and O–H groups in total. The Labute approximate surface area is 128 Å². The van der Waals surface area contributed by atoms with E-state index in [1.165, 1.54) is 0 Å². The average Bonchev–Trinajstić information content (AvgIpc) is 2.39. The second-order valence-corrected chi connectivity index (χ2v) is 5.25. The monoisotopic (exact) mass is 355 g/mol. The van der Waals surface area contributed by atoms with Crippen LogP contribution < -0.4 is 16.4 Å². The molecule has 0 atom stereocenters. The van der Waals surface area contributed by atoms with Crippen molar-refractivity contribution < 1.29 is 13.6 Å². The zero-order valence-corrected chi connectivity index (χ0v) is 12.6. The van der Waals surface area contributed by atoms with E-state index >= 15 is 0 Å². The molecule has 0 saturated heterocycles. The average molecular weight is 356 g/mol. The van der Waals surface area contributed by atoms with Crippen molar-refractivity contribution >= 4 is 39.0 Å². The summed E-state index contributed by atoms with van der Waals surface area (Å²) in [5.41, 5.74) is 7.46. The molecule has 21 heavy (non-hydrogen) atoms. The van der Waals surface area contributed by atoms with Gasteiger partial charge in [0.2, 0.25) is 0 Å². The van der Waals surface area contributed by atoms with E-state index in [0.29, 0.717) is 21.9 Å². The maximum absolute atomic E-state index is 13.4. The molecule has 2 rings (SSSR count). The lowest BCUT2D eigenvalue weighted by Crippen LogP contribution is -2.20. The van der Waals surface area contributed by atoms with Gasteiger partial charge >= 0.3 is 6.03 Å². The first-order valence-corrected chi connectivity index (χ1v) is 6.75. The van der Waals surface area contributed by atoms with Gasteiger partial charge in [0.1, 0.15) is 11.6 Å². The Balaban J connectivity index is 2.13. The van der Waals surface area contributed by atoms with Crippen molar-refractivity contribution in [2.75, 3.05) is 16.4 Å². The molecule has 110 valence electrons. The number of carbonyl (C=O) groups excluding carboxylic acids is 1. The van der Waals surface area contributed by atoms with E-state index in [-0.39, 0.29) is 5.69 Å². The lowest BCUT2D eigenvalue weighted by atomic mass is 10.2. The molecule has 7 heteroatoms. The predicted octanol–water partition coefficient (Wildman–Crippen LogP) is 4.26. The molecular formula is C14H12BrF2N3O. The number of benzene rings is 2. The van der Waals surface area contributed by atoms with Crippen LogP contribution in [0.15, 0.2) is 34.8 Å². The summed E-state index contributed by atoms with van der Waals surface area (Å²) >= 11 is 3.30. The molecule has 0 fully saturated rings. The highest BCUT2D eigenvalue weighted by Gasteiger charge is 2.10. The van der Waals surface area contributed by atoms with Gasteiger partial charge in [-0.3, -0.25) is 0 Å². The quantitative estimate of drug-likeness (QED) is 0.704. The van der Waals surface area contributed by atoms with Gasteiger partial charge < -0.3 is 16.4 Å². The van der Waals surface area contributed by atoms with Crippen LogP contribution in [0.25, 0.3) is 0 Å². The number of halogens is 3. The van der Waals surface area contributed by atoms with Gasteiger partial charge in [0, 0.05) is 16.2 Å². The minimum absolute atomic E-state index is 0.120. The first-order valence-electron chi connectivity index (χ1n) is 5.95. The highest BCUT2D eigenvalue weighted by molar-refractivity contribution is 9.10. The number of hydrogen-bond acceptors (Lipinski definition) is 2. The van der Waals surface area contributed by atoms with Crippen molar-refractivity contribution in [3.05, 3.63) is 52.0 Å². The SMILES string of the molecule is Cc1cc(Br)c(NC(=O)Nc2ccc(F)cc2F)cc1N. The van der Waals surface area contributed by atoms with Crippen molar-refractivity contribution in [2.45, 2.75) is 6.92 Å². The Morgan fingerprint density at radius 2 is 1.81 bits per heavy atom. The third kappa shape index (κ3) is 3.69. The molecule has 0 spiro atoms. The fraction of sp³-hybridized carbons (Fsp3) is 0.0714. The highest BCUT2D eigenvalue weighted by atomic mass is 79.9. The van der Waals surface area contributed by atoms with Gasteiger partial charge in [0.25, 0.3) is 0 Å². The molecule has 4 nitrogen and oxygen atoms in total. The van der Waals surface area contributed by atoms with Crippen molar-refractivity contribution in [1.29, 1.82) is 0 Å². The Hall–Kier alpha value is -2.15. The second kappa shape index (κ2) is 6.09. The van der Waals surface area contributed by atoms with Crippen molar-refractivity contribution in [3.8, 4) is 0 Å². The number of rotatable bonds is 2. The number of amides is 2. The zero-order valence-electron chi connectivity index (χ0n) is 11.0. The fourth-order valence-corrected chi connectivity index (χ4v) is 2.21. The maximum Gasteiger partial charge on any atom is 0.323 e. The van der Waals surface area contributed by atoms with Crippen LogP contribution in [0.4, 0.5) is 30.6 Å². The van der Waals surface area contributed by atoms with Gasteiger partial charge in [-0.2, -0.15) is 0 Å². The number of anilines is 3. The number of nitrogen functional groups attached to an aromatic ring is 1. The van der Waals surface area contributed by atoms with Crippen LogP contribution >= 0.6 is 15.9 Å². The summed E-state index contributed by atoms with van der Waals surface area (Å²) in [5.74, 6) is -1.57. The van der Waals surface area contributed by atoms with E-state index in [2.05, 4.69) is 26.6 Å². The van der Waals surface area contributed by atoms with E-state index in [1.54, 1.807) is 12.1 Å². The molecule has 0 bridgehead atoms. The van der Waals surface area contributed by atoms with Gasteiger partial charge in [-0.05, 0) is 52.7 Å². The van der Waals surface area contributed by atoms with Crippen LogP contribution in [0, 0.1) is 18.6 Å². The number of nitrogens with one attached hydrogen (secondary N) is 2. The van der Waals surface area contributed by atoms with Gasteiger partial charge in [0.15, 0.2) is 0 Å². The van der Waals surface area contributed by atoms with E-state index < -0.39 is 17.7 Å². The van der Waals surface area contributed by atoms with Crippen LogP contribution in [0.1, 0.15) is 5.56 Å². The maximum atomic E-state index is 13.4. The molecule has 0 aliphatic rings. The number of nitrogens with two attached hydrogens (primary N) is 1. The topological polar surface area (TPSA) is 67.2 Å². The zero-order chi connectivity index (χ0) is 15.6. The third-order valence-electron chi connectivity index (χ3n) is 2.78. The number of hydrogen-bond donors (Lipinski definition) is 3. The molecule has 0 aromatic heterocycles. The molecule has 2 aromatic rings. The Morgan fingerprint density at radius 3 is 2.48 bits per heavy atom. The van der Waals surface area contributed by atoms with Crippen LogP contribution in [0.3, 0.4) is 0 Å². The predicted molar refractivity (Wildman–Crippen MR) is 82.3 cm³/mol. The molecule has 0 saturated carbocycles. The minimum Gasteiger partial charge on any atom is -0.398 e. The first-order chi connectivity index (χ1) is 9.86. The lowest BCUT2D eigenvalue weighted by Gasteiger charge is -2.11. The van der Waals surface area contributed by atoms with Crippen LogP contribution in [0.2, 0.25) is 0 Å². The summed E-state index contributed by atoms with van der Waals surface area (Å²) in [7, 11) is 0. The number of aryl methyl sites for hydroxylation is 1. The van der Waals surface area contributed by atoms with Gasteiger partial charge in [-0.15, -0.1) is 0 Å². The van der Waals surface area contributed by atoms with E-state index in [9.17, 15) is 13.6 Å². The smallest absolute Gasteiger partial charge is 0.323 e. The molecule has 0 aliphatic heterocycles. The summed E-state index contributed by atoms with van der Waals surface area (Å²) in [6.45, 7) is 1.83. The summed E-state index contributed by atoms with van der Waals surface area (Å²) in [6.07, 6.45) is 0. The standard InChI is InChI=1S/C14H12BrF2N3O/c1-7-4-9(15)13(6-11(7)18)20-14(21)19-12-3-2-8(16)5-10(12)17/h2-6H,18H2,1H3,(H2,19,20,21). The van der Waals surface area contributed by atoms with Gasteiger partial charge in [0.05, 0.1) is 11.4 Å². The molecule has 2 aromatic carbocycles. The summed E-state index contributed by atoms with van der Waals surface area (Å²) in [5, 5.41) is 4.83. The second-order valence-electron chi connectivity index (χ2n) is 4.39. The minimum atomic E-state index is -0.854. The summed E-state index contributed by atoms with van der Waals surface area (Å²) < 4.78 is 26.9. The lowest BCUT2D eigenvalue weighted by molar-refractivity contribution is 0.262. The summed E-state index contributed by atoms with van der Waals surface area (Å²) in [6, 6.07) is 5.56. The van der Waals surface area contributed by atoms with E-state index in [1.807, 2.05) is 6.92 Å².